The molecule has 0 saturated heterocycles. The summed E-state index contributed by atoms with van der Waals surface area (Å²) in [6, 6.07) is 5.03. The lowest BCUT2D eigenvalue weighted by Crippen LogP contribution is -2.32. The summed E-state index contributed by atoms with van der Waals surface area (Å²) < 4.78 is 20.5. The third-order valence-corrected chi connectivity index (χ3v) is 4.18. The van der Waals surface area contributed by atoms with Gasteiger partial charge in [0.2, 0.25) is 5.89 Å². The first-order valence-electron chi connectivity index (χ1n) is 8.93. The summed E-state index contributed by atoms with van der Waals surface area (Å²) >= 11 is 0. The first-order chi connectivity index (χ1) is 13.4. The Hall–Kier alpha value is -3.03. The van der Waals surface area contributed by atoms with E-state index in [0.717, 1.165) is 6.42 Å². The standard InChI is InChI=1S/C20H26N2O6/c1-13(2)8-9-22(11-18-21-16(12-28-18)20(24)27-5)19(23)15-7-6-14(25-3)10-17(15)26-4/h6-7,10,12-13H,8-9,11H2,1-5H3. The Morgan fingerprint density at radius 2 is 1.93 bits per heavy atom. The average molecular weight is 390 g/mol. The van der Waals surface area contributed by atoms with Crippen molar-refractivity contribution >= 4 is 11.9 Å². The van der Waals surface area contributed by atoms with Crippen molar-refractivity contribution < 1.29 is 28.2 Å². The monoisotopic (exact) mass is 390 g/mol. The van der Waals surface area contributed by atoms with E-state index in [0.29, 0.717) is 29.5 Å². The van der Waals surface area contributed by atoms with Gasteiger partial charge in [-0.15, -0.1) is 0 Å². The van der Waals surface area contributed by atoms with Crippen molar-refractivity contribution in [2.75, 3.05) is 27.9 Å². The van der Waals surface area contributed by atoms with Gasteiger partial charge in [-0.05, 0) is 24.5 Å². The Morgan fingerprint density at radius 3 is 2.54 bits per heavy atom. The Balaban J connectivity index is 2.28. The summed E-state index contributed by atoms with van der Waals surface area (Å²) in [5.41, 5.74) is 0.475. The van der Waals surface area contributed by atoms with Crippen LogP contribution in [-0.2, 0) is 11.3 Å². The number of hydrogen-bond acceptors (Lipinski definition) is 7. The molecule has 1 aromatic heterocycles. The largest absolute Gasteiger partial charge is 0.497 e. The van der Waals surface area contributed by atoms with Gasteiger partial charge in [0, 0.05) is 12.6 Å². The van der Waals surface area contributed by atoms with Gasteiger partial charge in [-0.25, -0.2) is 9.78 Å². The highest BCUT2D eigenvalue weighted by Crippen LogP contribution is 2.26. The number of carbonyl (C=O) groups is 2. The first kappa shape index (κ1) is 21.3. The molecule has 28 heavy (non-hydrogen) atoms. The maximum Gasteiger partial charge on any atom is 0.360 e. The van der Waals surface area contributed by atoms with Crippen LogP contribution in [0.15, 0.2) is 28.9 Å². The van der Waals surface area contributed by atoms with E-state index in [2.05, 4.69) is 23.6 Å². The zero-order chi connectivity index (χ0) is 20.7. The number of amides is 1. The van der Waals surface area contributed by atoms with E-state index in [1.54, 1.807) is 30.2 Å². The molecule has 0 fully saturated rings. The molecule has 0 unspecified atom stereocenters. The lowest BCUT2D eigenvalue weighted by Gasteiger charge is -2.23. The summed E-state index contributed by atoms with van der Waals surface area (Å²) in [6.07, 6.45) is 2.02. The van der Waals surface area contributed by atoms with Crippen molar-refractivity contribution in [3.05, 3.63) is 41.6 Å². The second kappa shape index (κ2) is 9.77. The Kier molecular flexibility index (Phi) is 7.43. The molecule has 0 aliphatic rings. The van der Waals surface area contributed by atoms with Crippen LogP contribution in [0.4, 0.5) is 0 Å². The van der Waals surface area contributed by atoms with Gasteiger partial charge in [0.15, 0.2) is 5.69 Å². The highest BCUT2D eigenvalue weighted by Gasteiger charge is 2.23. The van der Waals surface area contributed by atoms with Crippen LogP contribution in [-0.4, -0.2) is 49.6 Å². The molecule has 0 bridgehead atoms. The molecule has 8 heteroatoms. The van der Waals surface area contributed by atoms with Gasteiger partial charge in [0.05, 0.1) is 33.4 Å². The zero-order valence-corrected chi connectivity index (χ0v) is 16.9. The highest BCUT2D eigenvalue weighted by molar-refractivity contribution is 5.97. The lowest BCUT2D eigenvalue weighted by atomic mass is 10.1. The molecule has 0 atom stereocenters. The van der Waals surface area contributed by atoms with Crippen LogP contribution in [0.2, 0.25) is 0 Å². The molecule has 0 spiro atoms. The molecule has 0 radical (unpaired) electrons. The minimum atomic E-state index is -0.591. The summed E-state index contributed by atoms with van der Waals surface area (Å²) in [6.45, 7) is 4.79. The number of esters is 1. The molecule has 0 saturated carbocycles. The quantitative estimate of drug-likeness (QED) is 0.607. The fourth-order valence-corrected chi connectivity index (χ4v) is 2.56. The molecule has 2 aromatic rings. The van der Waals surface area contributed by atoms with E-state index in [4.69, 9.17) is 13.9 Å². The predicted octanol–water partition coefficient (Wildman–Crippen LogP) is 3.17. The number of aromatic nitrogens is 1. The van der Waals surface area contributed by atoms with Crippen molar-refractivity contribution in [3.63, 3.8) is 0 Å². The molecular formula is C20H26N2O6. The van der Waals surface area contributed by atoms with Gasteiger partial charge in [0.25, 0.3) is 5.91 Å². The minimum absolute atomic E-state index is 0.0655. The maximum atomic E-state index is 13.2. The minimum Gasteiger partial charge on any atom is -0.497 e. The summed E-state index contributed by atoms with van der Waals surface area (Å²) in [5, 5.41) is 0. The van der Waals surface area contributed by atoms with Gasteiger partial charge in [0.1, 0.15) is 17.8 Å². The number of nitrogens with zero attached hydrogens (tertiary/aromatic N) is 2. The lowest BCUT2D eigenvalue weighted by molar-refractivity contribution is 0.0594. The number of benzene rings is 1. The van der Waals surface area contributed by atoms with Crippen molar-refractivity contribution in [1.29, 1.82) is 0 Å². The van der Waals surface area contributed by atoms with Crippen LogP contribution in [0.1, 0.15) is 47.0 Å². The second-order valence-electron chi connectivity index (χ2n) is 6.59. The van der Waals surface area contributed by atoms with E-state index in [1.807, 2.05) is 0 Å². The molecule has 152 valence electrons. The van der Waals surface area contributed by atoms with Gasteiger partial charge < -0.3 is 23.5 Å². The Labute approximate surface area is 164 Å². The third kappa shape index (κ3) is 5.25. The number of rotatable bonds is 9. The number of oxazole rings is 1. The molecule has 0 aliphatic heterocycles. The van der Waals surface area contributed by atoms with E-state index < -0.39 is 5.97 Å². The number of ether oxygens (including phenoxy) is 3. The second-order valence-corrected chi connectivity index (χ2v) is 6.59. The van der Waals surface area contributed by atoms with Gasteiger partial charge in [-0.3, -0.25) is 4.79 Å². The van der Waals surface area contributed by atoms with Gasteiger partial charge in [-0.2, -0.15) is 0 Å². The molecule has 0 N–H and O–H groups in total. The first-order valence-corrected chi connectivity index (χ1v) is 8.93. The molecule has 1 aromatic carbocycles. The van der Waals surface area contributed by atoms with Gasteiger partial charge in [-0.1, -0.05) is 13.8 Å². The molecule has 1 heterocycles. The van der Waals surface area contributed by atoms with Crippen molar-refractivity contribution in [3.8, 4) is 11.5 Å². The molecular weight excluding hydrogens is 364 g/mol. The van der Waals surface area contributed by atoms with Crippen LogP contribution in [0.25, 0.3) is 0 Å². The van der Waals surface area contributed by atoms with Crippen molar-refractivity contribution in [1.82, 2.24) is 9.88 Å². The van der Waals surface area contributed by atoms with Crippen molar-refractivity contribution in [2.24, 2.45) is 5.92 Å². The van der Waals surface area contributed by atoms with Crippen LogP contribution in [0.3, 0.4) is 0 Å². The van der Waals surface area contributed by atoms with Gasteiger partial charge >= 0.3 is 5.97 Å². The van der Waals surface area contributed by atoms with Crippen LogP contribution < -0.4 is 9.47 Å². The number of carbonyl (C=O) groups excluding carboxylic acids is 2. The van der Waals surface area contributed by atoms with E-state index in [1.165, 1.54) is 20.5 Å². The highest BCUT2D eigenvalue weighted by atomic mass is 16.5. The summed E-state index contributed by atoms with van der Waals surface area (Å²) in [4.78, 5) is 30.5. The summed E-state index contributed by atoms with van der Waals surface area (Å²) in [7, 11) is 4.32. The Morgan fingerprint density at radius 1 is 1.18 bits per heavy atom. The number of hydrogen-bond donors (Lipinski definition) is 0. The maximum absolute atomic E-state index is 13.2. The smallest absolute Gasteiger partial charge is 0.360 e. The topological polar surface area (TPSA) is 91.1 Å². The summed E-state index contributed by atoms with van der Waals surface area (Å²) in [5.74, 6) is 0.859. The third-order valence-electron chi connectivity index (χ3n) is 4.18. The molecule has 2 rings (SSSR count). The van der Waals surface area contributed by atoms with Crippen LogP contribution in [0.5, 0.6) is 11.5 Å². The Bertz CT molecular complexity index is 815. The fourth-order valence-electron chi connectivity index (χ4n) is 2.56. The predicted molar refractivity (Wildman–Crippen MR) is 102 cm³/mol. The van der Waals surface area contributed by atoms with Crippen LogP contribution in [0, 0.1) is 5.92 Å². The van der Waals surface area contributed by atoms with E-state index in [-0.39, 0.29) is 24.0 Å². The van der Waals surface area contributed by atoms with Crippen molar-refractivity contribution in [2.45, 2.75) is 26.8 Å². The van der Waals surface area contributed by atoms with E-state index >= 15 is 0 Å². The normalized spacial score (nSPS) is 10.6. The molecule has 8 nitrogen and oxygen atoms in total. The zero-order valence-electron chi connectivity index (χ0n) is 16.9. The molecule has 0 aliphatic carbocycles. The fraction of sp³-hybridized carbons (Fsp3) is 0.450. The average Bonchev–Trinajstić information content (AvgIpc) is 3.17. The van der Waals surface area contributed by atoms with Crippen LogP contribution >= 0.6 is 0 Å². The van der Waals surface area contributed by atoms with E-state index in [9.17, 15) is 9.59 Å². The number of methoxy groups -OCH3 is 3. The molecule has 1 amide bonds. The SMILES string of the molecule is COC(=O)c1coc(CN(CCC(C)C)C(=O)c2ccc(OC)cc2OC)n1.